The second-order valence-electron chi connectivity index (χ2n) is 2.99. The van der Waals surface area contributed by atoms with Gasteiger partial charge < -0.3 is 4.98 Å². The fourth-order valence-corrected chi connectivity index (χ4v) is 1.79. The molecule has 0 bridgehead atoms. The molecule has 0 radical (unpaired) electrons. The van der Waals surface area contributed by atoms with Crippen molar-refractivity contribution in [2.75, 3.05) is 6.54 Å². The van der Waals surface area contributed by atoms with Crippen molar-refractivity contribution in [1.82, 2.24) is 8.51 Å². The van der Waals surface area contributed by atoms with Gasteiger partial charge in [0, 0.05) is 46.5 Å². The van der Waals surface area contributed by atoms with Gasteiger partial charge in [0.1, 0.15) is 0 Å². The Kier molecular flexibility index (Phi) is 2.85. The molecule has 1 aromatic carbocycles. The lowest BCUT2D eigenvalue weighted by Crippen LogP contribution is -2.02. The van der Waals surface area contributed by atoms with E-state index in [2.05, 4.69) is 61.8 Å². The number of nitrogens with one attached hydrogen (secondary N) is 2. The number of aromatic amines is 1. The van der Waals surface area contributed by atoms with E-state index in [-0.39, 0.29) is 0 Å². The topological polar surface area (TPSA) is 27.8 Å². The molecule has 0 amide bonds. The van der Waals surface area contributed by atoms with Crippen LogP contribution in [0.25, 0.3) is 10.9 Å². The molecule has 0 spiro atoms. The van der Waals surface area contributed by atoms with Gasteiger partial charge in [0.15, 0.2) is 0 Å². The predicted octanol–water partition coefficient (Wildman–Crippen LogP) is 2.65. The fourth-order valence-electron chi connectivity index (χ4n) is 1.52. The van der Waals surface area contributed by atoms with Crippen molar-refractivity contribution >= 4 is 33.8 Å². The van der Waals surface area contributed by atoms with Crippen molar-refractivity contribution in [3.8, 4) is 0 Å². The summed E-state index contributed by atoms with van der Waals surface area (Å²) in [5, 5.41) is 1.34. The highest BCUT2D eigenvalue weighted by molar-refractivity contribution is 14.1. The average molecular weight is 286 g/mol. The normalized spacial score (nSPS) is 10.8. The molecule has 0 aliphatic rings. The summed E-state index contributed by atoms with van der Waals surface area (Å²) in [6.07, 6.45) is 3.17. The molecule has 68 valence electrons. The Labute approximate surface area is 91.2 Å². The molecule has 0 aliphatic heterocycles. The van der Waals surface area contributed by atoms with Crippen LogP contribution in [-0.4, -0.2) is 11.5 Å². The zero-order valence-electron chi connectivity index (χ0n) is 7.18. The van der Waals surface area contributed by atoms with Crippen LogP contribution in [0.4, 0.5) is 0 Å². The molecule has 3 heteroatoms. The highest BCUT2D eigenvalue weighted by Gasteiger charge is 2.00. The molecule has 0 saturated heterocycles. The number of hydrogen-bond donors (Lipinski definition) is 2. The Morgan fingerprint density at radius 1 is 1.31 bits per heavy atom. The van der Waals surface area contributed by atoms with Crippen molar-refractivity contribution in [3.63, 3.8) is 0 Å². The van der Waals surface area contributed by atoms with Crippen molar-refractivity contribution < 1.29 is 0 Å². The quantitative estimate of drug-likeness (QED) is 0.659. The minimum Gasteiger partial charge on any atom is -0.361 e. The first-order valence-corrected chi connectivity index (χ1v) is 5.38. The van der Waals surface area contributed by atoms with E-state index in [1.807, 2.05) is 0 Å². The number of rotatable bonds is 3. The van der Waals surface area contributed by atoms with Gasteiger partial charge in [-0.1, -0.05) is 18.2 Å². The minimum absolute atomic E-state index is 1.02. The van der Waals surface area contributed by atoms with Gasteiger partial charge >= 0.3 is 0 Å². The summed E-state index contributed by atoms with van der Waals surface area (Å²) in [5.41, 5.74) is 2.62. The van der Waals surface area contributed by atoms with Gasteiger partial charge in [0.25, 0.3) is 0 Å². The van der Waals surface area contributed by atoms with E-state index in [1.165, 1.54) is 16.5 Å². The van der Waals surface area contributed by atoms with Crippen LogP contribution in [0.1, 0.15) is 5.56 Å². The van der Waals surface area contributed by atoms with Crippen LogP contribution in [0.15, 0.2) is 30.5 Å². The lowest BCUT2D eigenvalue weighted by atomic mass is 10.1. The summed E-state index contributed by atoms with van der Waals surface area (Å²) in [5.74, 6) is 0. The van der Waals surface area contributed by atoms with Crippen molar-refractivity contribution in [3.05, 3.63) is 36.0 Å². The molecule has 0 atom stereocenters. The van der Waals surface area contributed by atoms with E-state index in [0.717, 1.165) is 13.0 Å². The van der Waals surface area contributed by atoms with Crippen LogP contribution in [0, 0.1) is 0 Å². The SMILES string of the molecule is INCCc1c[nH]c2ccccc12. The summed E-state index contributed by atoms with van der Waals surface area (Å²) < 4.78 is 3.13. The van der Waals surface area contributed by atoms with E-state index in [1.54, 1.807) is 0 Å². The molecule has 1 aromatic heterocycles. The zero-order valence-corrected chi connectivity index (χ0v) is 9.34. The van der Waals surface area contributed by atoms with Crippen LogP contribution in [0.5, 0.6) is 0 Å². The Hall–Kier alpha value is -0.550. The first-order valence-electron chi connectivity index (χ1n) is 4.30. The maximum Gasteiger partial charge on any atom is 0.0456 e. The largest absolute Gasteiger partial charge is 0.361 e. The molecule has 0 saturated carbocycles. The second-order valence-corrected chi connectivity index (χ2v) is 3.76. The fraction of sp³-hybridized carbons (Fsp3) is 0.200. The number of aromatic nitrogens is 1. The van der Waals surface area contributed by atoms with E-state index < -0.39 is 0 Å². The van der Waals surface area contributed by atoms with Crippen LogP contribution < -0.4 is 3.53 Å². The summed E-state index contributed by atoms with van der Waals surface area (Å²) in [6, 6.07) is 8.40. The van der Waals surface area contributed by atoms with E-state index >= 15 is 0 Å². The van der Waals surface area contributed by atoms with E-state index in [9.17, 15) is 0 Å². The molecular formula is C10H11IN2. The van der Waals surface area contributed by atoms with Gasteiger partial charge in [-0.2, -0.15) is 0 Å². The molecule has 0 aliphatic carbocycles. The predicted molar refractivity (Wildman–Crippen MR) is 64.0 cm³/mol. The molecule has 2 rings (SSSR count). The lowest BCUT2D eigenvalue weighted by Gasteiger charge is -1.96. The van der Waals surface area contributed by atoms with E-state index in [4.69, 9.17) is 0 Å². The molecule has 13 heavy (non-hydrogen) atoms. The van der Waals surface area contributed by atoms with Crippen molar-refractivity contribution in [1.29, 1.82) is 0 Å². The number of benzene rings is 1. The highest BCUT2D eigenvalue weighted by Crippen LogP contribution is 2.17. The summed E-state index contributed by atoms with van der Waals surface area (Å²) in [4.78, 5) is 3.27. The molecular weight excluding hydrogens is 275 g/mol. The van der Waals surface area contributed by atoms with Gasteiger partial charge in [-0.15, -0.1) is 0 Å². The van der Waals surface area contributed by atoms with Gasteiger partial charge in [0.2, 0.25) is 0 Å². The molecule has 2 nitrogen and oxygen atoms in total. The van der Waals surface area contributed by atoms with Crippen LogP contribution in [0.3, 0.4) is 0 Å². The number of hydrogen-bond acceptors (Lipinski definition) is 1. The van der Waals surface area contributed by atoms with E-state index in [0.29, 0.717) is 0 Å². The van der Waals surface area contributed by atoms with Gasteiger partial charge in [-0.05, 0) is 18.1 Å². The second kappa shape index (κ2) is 4.11. The van der Waals surface area contributed by atoms with Crippen LogP contribution in [-0.2, 0) is 6.42 Å². The van der Waals surface area contributed by atoms with Crippen molar-refractivity contribution in [2.45, 2.75) is 6.42 Å². The number of para-hydroxylation sites is 1. The maximum atomic E-state index is 3.27. The van der Waals surface area contributed by atoms with Crippen LogP contribution >= 0.6 is 22.9 Å². The standard InChI is InChI=1S/C10H11IN2/c11-13-6-5-8-7-12-10-4-2-1-3-9(8)10/h1-4,7,12-13H,5-6H2. The summed E-state index contributed by atoms with van der Waals surface area (Å²) >= 11 is 2.18. The van der Waals surface area contributed by atoms with Crippen molar-refractivity contribution in [2.24, 2.45) is 0 Å². The smallest absolute Gasteiger partial charge is 0.0456 e. The summed E-state index contributed by atoms with van der Waals surface area (Å²) in [7, 11) is 0. The van der Waals surface area contributed by atoms with Gasteiger partial charge in [-0.25, -0.2) is 0 Å². The Morgan fingerprint density at radius 2 is 2.15 bits per heavy atom. The maximum absolute atomic E-state index is 3.27. The number of H-pyrrole nitrogens is 1. The lowest BCUT2D eigenvalue weighted by molar-refractivity contribution is 0.939. The Bertz CT molecular complexity index is 394. The monoisotopic (exact) mass is 286 g/mol. The molecule has 0 fully saturated rings. The number of halogens is 1. The van der Waals surface area contributed by atoms with Crippen LogP contribution in [0.2, 0.25) is 0 Å². The van der Waals surface area contributed by atoms with Gasteiger partial charge in [0.05, 0.1) is 0 Å². The molecule has 0 unspecified atom stereocenters. The number of fused-ring (bicyclic) bond motifs is 1. The average Bonchev–Trinajstić information content (AvgIpc) is 2.58. The zero-order chi connectivity index (χ0) is 9.10. The molecule has 2 aromatic rings. The Morgan fingerprint density at radius 3 is 3.00 bits per heavy atom. The third-order valence-electron chi connectivity index (χ3n) is 2.16. The third-order valence-corrected chi connectivity index (χ3v) is 2.70. The Balaban J connectivity index is 2.35. The van der Waals surface area contributed by atoms with Gasteiger partial charge in [-0.3, -0.25) is 3.53 Å². The third kappa shape index (κ3) is 1.86. The molecule has 2 N–H and O–H groups in total. The highest BCUT2D eigenvalue weighted by atomic mass is 127. The first-order chi connectivity index (χ1) is 6.42. The first kappa shape index (κ1) is 9.02. The minimum atomic E-state index is 1.02. The summed E-state index contributed by atoms with van der Waals surface area (Å²) in [6.45, 7) is 1.02. The molecule has 1 heterocycles.